The third-order valence-electron chi connectivity index (χ3n) is 2.78. The molecule has 30 heavy (non-hydrogen) atoms. The Labute approximate surface area is 211 Å². The van der Waals surface area contributed by atoms with E-state index in [1.165, 1.54) is 6.92 Å². The summed E-state index contributed by atoms with van der Waals surface area (Å²) in [6.07, 6.45) is 0. The van der Waals surface area contributed by atoms with Gasteiger partial charge in [0.25, 0.3) is 5.91 Å². The predicted molar refractivity (Wildman–Crippen MR) is 129 cm³/mol. The minimum absolute atomic E-state index is 0. The van der Waals surface area contributed by atoms with E-state index in [0.717, 1.165) is 0 Å². The maximum absolute atomic E-state index is 12.0. The predicted octanol–water partition coefficient (Wildman–Crippen LogP) is 7.01. The van der Waals surface area contributed by atoms with Gasteiger partial charge in [0.05, 0.1) is 0 Å². The van der Waals surface area contributed by atoms with E-state index >= 15 is 0 Å². The molecular weight excluding hydrogens is 451 g/mol. The van der Waals surface area contributed by atoms with Crippen molar-refractivity contribution in [3.63, 3.8) is 0 Å². The van der Waals surface area contributed by atoms with Gasteiger partial charge in [0.2, 0.25) is 0 Å². The molecule has 0 fully saturated rings. The van der Waals surface area contributed by atoms with Crippen molar-refractivity contribution in [1.29, 1.82) is 0 Å². The van der Waals surface area contributed by atoms with Crippen LogP contribution in [0.4, 0.5) is 5.69 Å². The molecule has 0 unspecified atom stereocenters. The van der Waals surface area contributed by atoms with Gasteiger partial charge in [-0.05, 0) is 31.2 Å². The van der Waals surface area contributed by atoms with Crippen molar-refractivity contribution in [2.24, 2.45) is 0 Å². The summed E-state index contributed by atoms with van der Waals surface area (Å²) in [5.41, 5.74) is -0.969. The van der Waals surface area contributed by atoms with E-state index < -0.39 is 11.5 Å². The van der Waals surface area contributed by atoms with Crippen molar-refractivity contribution in [2.75, 3.05) is 11.9 Å². The average molecular weight is 496 g/mol. The standard InChI is InChI=1S/C16H17NO3.4C2H6.CH3.Y/c1-16(19,12-20-14-10-6-3-7-11-14)15(18)17-13-8-4-2-5-9-13;4*1-2;;/h2-11,19H,12H2,1H3,(H,17,18);4*1-2H3;1H3;/q;;;;;-1;/t16-;;;;;;/m0....../s1. The zero-order valence-corrected chi connectivity index (χ0v) is 23.7. The van der Waals surface area contributed by atoms with Crippen molar-refractivity contribution in [1.82, 2.24) is 0 Å². The Morgan fingerprint density at radius 1 is 0.833 bits per heavy atom. The molecule has 1 radical (unpaired) electrons. The normalized spacial score (nSPS) is 9.67. The molecule has 2 aromatic rings. The summed E-state index contributed by atoms with van der Waals surface area (Å²) >= 11 is 0. The van der Waals surface area contributed by atoms with E-state index in [2.05, 4.69) is 5.32 Å². The van der Waals surface area contributed by atoms with Gasteiger partial charge < -0.3 is 22.6 Å². The molecule has 1 atom stereocenters. The molecule has 0 saturated carbocycles. The number of benzene rings is 2. The number of carbonyl (C=O) groups is 1. The van der Waals surface area contributed by atoms with Crippen molar-refractivity contribution < 1.29 is 47.3 Å². The largest absolute Gasteiger partial charge is 0.490 e. The molecule has 0 heterocycles. The summed E-state index contributed by atoms with van der Waals surface area (Å²) in [4.78, 5) is 12.0. The van der Waals surface area contributed by atoms with Gasteiger partial charge in [0.1, 0.15) is 12.4 Å². The maximum atomic E-state index is 12.0. The first kappa shape index (κ1) is 39.3. The second-order valence-electron chi connectivity index (χ2n) is 4.70. The number of para-hydroxylation sites is 2. The molecule has 2 N–H and O–H groups in total. The Bertz CT molecular complexity index is 561. The van der Waals surface area contributed by atoms with Crippen molar-refractivity contribution in [2.45, 2.75) is 67.9 Å². The number of hydrogen-bond acceptors (Lipinski definition) is 3. The minimum Gasteiger partial charge on any atom is -0.490 e. The monoisotopic (exact) mass is 495 g/mol. The van der Waals surface area contributed by atoms with Gasteiger partial charge >= 0.3 is 0 Å². The molecule has 5 heteroatoms. The molecule has 0 aliphatic rings. The Morgan fingerprint density at radius 2 is 1.20 bits per heavy atom. The average Bonchev–Trinajstić information content (AvgIpc) is 2.79. The summed E-state index contributed by atoms with van der Waals surface area (Å²) in [6.45, 7) is 17.3. The van der Waals surface area contributed by atoms with E-state index in [9.17, 15) is 9.90 Å². The van der Waals surface area contributed by atoms with Crippen LogP contribution in [0, 0.1) is 7.43 Å². The van der Waals surface area contributed by atoms with Gasteiger partial charge in [-0.2, -0.15) is 0 Å². The maximum Gasteiger partial charge on any atom is 0.259 e. The summed E-state index contributed by atoms with van der Waals surface area (Å²) in [6, 6.07) is 18.0. The molecule has 0 spiro atoms. The van der Waals surface area contributed by atoms with Gasteiger partial charge in [0, 0.05) is 38.4 Å². The van der Waals surface area contributed by atoms with Crippen LogP contribution in [-0.4, -0.2) is 23.2 Å². The van der Waals surface area contributed by atoms with Gasteiger partial charge in [-0.15, -0.1) is 0 Å². The summed E-state index contributed by atoms with van der Waals surface area (Å²) in [7, 11) is 0. The Balaban J connectivity index is -0.000000187. The van der Waals surface area contributed by atoms with Gasteiger partial charge in [0.15, 0.2) is 5.60 Å². The molecule has 1 amide bonds. The Morgan fingerprint density at radius 3 is 1.60 bits per heavy atom. The molecule has 4 nitrogen and oxygen atoms in total. The summed E-state index contributed by atoms with van der Waals surface area (Å²) < 4.78 is 5.42. The molecule has 0 aromatic heterocycles. The van der Waals surface area contributed by atoms with Crippen LogP contribution in [0.1, 0.15) is 62.3 Å². The smallest absolute Gasteiger partial charge is 0.259 e. The molecule has 0 bridgehead atoms. The third-order valence-corrected chi connectivity index (χ3v) is 2.78. The number of rotatable bonds is 5. The van der Waals surface area contributed by atoms with Crippen molar-refractivity contribution in [3.05, 3.63) is 68.1 Å². The number of anilines is 1. The van der Waals surface area contributed by atoms with Crippen LogP contribution >= 0.6 is 0 Å². The van der Waals surface area contributed by atoms with Crippen LogP contribution in [0.5, 0.6) is 5.75 Å². The van der Waals surface area contributed by atoms with E-state index in [4.69, 9.17) is 4.74 Å². The van der Waals surface area contributed by atoms with E-state index in [1.54, 1.807) is 24.3 Å². The number of nitrogens with one attached hydrogen (secondary N) is 1. The third kappa shape index (κ3) is 18.8. The number of amides is 1. The summed E-state index contributed by atoms with van der Waals surface area (Å²) in [5, 5.41) is 12.8. The fraction of sp³-hybridized carbons (Fsp3) is 0.440. The van der Waals surface area contributed by atoms with E-state index in [1.807, 2.05) is 91.8 Å². The van der Waals surface area contributed by atoms with Crippen LogP contribution in [0.15, 0.2) is 60.7 Å². The van der Waals surface area contributed by atoms with E-state index in [0.29, 0.717) is 11.4 Å². The fourth-order valence-corrected chi connectivity index (χ4v) is 1.59. The molecule has 2 aromatic carbocycles. The SMILES string of the molecule is CC.CC.CC.CC.C[C@](O)(COc1ccccc1)C(=O)Nc1ccccc1.[CH3-].[Y]. The molecule has 2 rings (SSSR count). The van der Waals surface area contributed by atoms with Gasteiger partial charge in [-0.25, -0.2) is 0 Å². The van der Waals surface area contributed by atoms with Crippen LogP contribution in [0.25, 0.3) is 0 Å². The summed E-state index contributed by atoms with van der Waals surface area (Å²) in [5.74, 6) is 0.111. The first-order valence-electron chi connectivity index (χ1n) is 10.3. The van der Waals surface area contributed by atoms with Crippen LogP contribution in [0.2, 0.25) is 0 Å². The second-order valence-corrected chi connectivity index (χ2v) is 4.70. The van der Waals surface area contributed by atoms with Gasteiger partial charge in [-0.3, -0.25) is 4.79 Å². The zero-order valence-electron chi connectivity index (χ0n) is 20.8. The quantitative estimate of drug-likeness (QED) is 0.439. The Hall–Kier alpha value is -1.23. The molecular formula is C25H44NO3Y-. The van der Waals surface area contributed by atoms with E-state index in [-0.39, 0.29) is 46.7 Å². The van der Waals surface area contributed by atoms with Crippen LogP contribution in [0.3, 0.4) is 0 Å². The number of hydrogen-bond donors (Lipinski definition) is 2. The number of aliphatic hydroxyl groups is 1. The zero-order chi connectivity index (χ0) is 22.4. The number of carbonyl (C=O) groups excluding carboxylic acids is 1. The van der Waals surface area contributed by atoms with Crippen LogP contribution < -0.4 is 10.1 Å². The second kappa shape index (κ2) is 27.8. The first-order chi connectivity index (χ1) is 13.6. The first-order valence-corrected chi connectivity index (χ1v) is 10.3. The Kier molecular flexibility index (Phi) is 36.4. The fourth-order valence-electron chi connectivity index (χ4n) is 1.59. The minimum atomic E-state index is -1.61. The molecule has 171 valence electrons. The van der Waals surface area contributed by atoms with Crippen molar-refractivity contribution in [3.8, 4) is 5.75 Å². The van der Waals surface area contributed by atoms with Crippen molar-refractivity contribution >= 4 is 11.6 Å². The molecule has 0 aliphatic carbocycles. The van der Waals surface area contributed by atoms with Gasteiger partial charge in [-0.1, -0.05) is 91.8 Å². The number of ether oxygens (including phenoxy) is 1. The van der Waals surface area contributed by atoms with Crippen LogP contribution in [-0.2, 0) is 37.5 Å². The molecule has 0 aliphatic heterocycles. The topological polar surface area (TPSA) is 58.6 Å². The molecule has 0 saturated heterocycles.